The maximum atomic E-state index is 12.4. The summed E-state index contributed by atoms with van der Waals surface area (Å²) in [6.07, 6.45) is 4.72. The van der Waals surface area contributed by atoms with Crippen LogP contribution in [-0.2, 0) is 17.6 Å². The van der Waals surface area contributed by atoms with Crippen LogP contribution in [-0.4, -0.2) is 29.4 Å². The standard InChI is InChI=1S/C15H20N2O/c16-15(8-3-9-15)14(18)17-10-6-12-4-1-2-5-13(12)7-11-17/h1-2,4-5H,3,6-11,16H2. The lowest BCUT2D eigenvalue weighted by Crippen LogP contribution is -2.59. The van der Waals surface area contributed by atoms with E-state index in [-0.39, 0.29) is 5.91 Å². The molecule has 1 aromatic carbocycles. The fourth-order valence-corrected chi connectivity index (χ4v) is 2.96. The van der Waals surface area contributed by atoms with E-state index < -0.39 is 5.54 Å². The van der Waals surface area contributed by atoms with Crippen molar-refractivity contribution >= 4 is 5.91 Å². The van der Waals surface area contributed by atoms with Crippen LogP contribution in [0.4, 0.5) is 0 Å². The van der Waals surface area contributed by atoms with Gasteiger partial charge in [-0.05, 0) is 43.2 Å². The molecular formula is C15H20N2O. The summed E-state index contributed by atoms with van der Waals surface area (Å²) in [6, 6.07) is 8.50. The number of amides is 1. The first-order valence-corrected chi connectivity index (χ1v) is 6.84. The summed E-state index contributed by atoms with van der Waals surface area (Å²) in [5.74, 6) is 0.168. The maximum absolute atomic E-state index is 12.4. The van der Waals surface area contributed by atoms with Crippen LogP contribution >= 0.6 is 0 Å². The van der Waals surface area contributed by atoms with Crippen molar-refractivity contribution in [2.24, 2.45) is 5.73 Å². The van der Waals surface area contributed by atoms with Gasteiger partial charge in [0.1, 0.15) is 0 Å². The zero-order chi connectivity index (χ0) is 12.6. The predicted octanol–water partition coefficient (Wildman–Crippen LogP) is 1.50. The lowest BCUT2D eigenvalue weighted by Gasteiger charge is -2.40. The highest BCUT2D eigenvalue weighted by Gasteiger charge is 2.42. The molecule has 1 aliphatic heterocycles. The quantitative estimate of drug-likeness (QED) is 0.813. The Morgan fingerprint density at radius 2 is 1.67 bits per heavy atom. The van der Waals surface area contributed by atoms with Crippen LogP contribution in [0, 0.1) is 0 Å². The van der Waals surface area contributed by atoms with Crippen molar-refractivity contribution < 1.29 is 4.79 Å². The second-order valence-corrected chi connectivity index (χ2v) is 5.57. The first-order chi connectivity index (χ1) is 8.69. The summed E-state index contributed by atoms with van der Waals surface area (Å²) >= 11 is 0. The van der Waals surface area contributed by atoms with Gasteiger partial charge in [0.05, 0.1) is 5.54 Å². The molecule has 18 heavy (non-hydrogen) atoms. The smallest absolute Gasteiger partial charge is 0.242 e. The van der Waals surface area contributed by atoms with Crippen LogP contribution in [0.2, 0.25) is 0 Å². The van der Waals surface area contributed by atoms with Crippen LogP contribution in [0.15, 0.2) is 24.3 Å². The van der Waals surface area contributed by atoms with Crippen molar-refractivity contribution in [2.75, 3.05) is 13.1 Å². The number of hydrogen-bond acceptors (Lipinski definition) is 2. The van der Waals surface area contributed by atoms with E-state index >= 15 is 0 Å². The van der Waals surface area contributed by atoms with E-state index in [0.717, 1.165) is 45.2 Å². The van der Waals surface area contributed by atoms with Crippen LogP contribution in [0.1, 0.15) is 30.4 Å². The molecule has 1 amide bonds. The van der Waals surface area contributed by atoms with Gasteiger partial charge in [0, 0.05) is 13.1 Å². The molecule has 3 rings (SSSR count). The molecule has 0 radical (unpaired) electrons. The van der Waals surface area contributed by atoms with Crippen molar-refractivity contribution in [1.82, 2.24) is 4.90 Å². The van der Waals surface area contributed by atoms with Gasteiger partial charge in [-0.2, -0.15) is 0 Å². The number of fused-ring (bicyclic) bond motifs is 1. The van der Waals surface area contributed by atoms with Gasteiger partial charge < -0.3 is 10.6 Å². The zero-order valence-electron chi connectivity index (χ0n) is 10.7. The minimum atomic E-state index is -0.545. The average molecular weight is 244 g/mol. The van der Waals surface area contributed by atoms with E-state index in [0.29, 0.717) is 0 Å². The van der Waals surface area contributed by atoms with E-state index in [1.165, 1.54) is 11.1 Å². The lowest BCUT2D eigenvalue weighted by molar-refractivity contribution is -0.140. The minimum absolute atomic E-state index is 0.168. The van der Waals surface area contributed by atoms with Crippen molar-refractivity contribution in [2.45, 2.75) is 37.6 Å². The highest BCUT2D eigenvalue weighted by atomic mass is 16.2. The van der Waals surface area contributed by atoms with Gasteiger partial charge in [-0.1, -0.05) is 24.3 Å². The van der Waals surface area contributed by atoms with E-state index in [1.54, 1.807) is 0 Å². The molecule has 1 aromatic rings. The number of rotatable bonds is 1. The van der Waals surface area contributed by atoms with Gasteiger partial charge >= 0.3 is 0 Å². The van der Waals surface area contributed by atoms with Crippen molar-refractivity contribution in [3.05, 3.63) is 35.4 Å². The van der Waals surface area contributed by atoms with E-state index in [9.17, 15) is 4.79 Å². The zero-order valence-corrected chi connectivity index (χ0v) is 10.7. The van der Waals surface area contributed by atoms with Gasteiger partial charge in [-0.15, -0.1) is 0 Å². The Hall–Kier alpha value is -1.35. The predicted molar refractivity (Wildman–Crippen MR) is 71.2 cm³/mol. The van der Waals surface area contributed by atoms with Crippen LogP contribution in [0.3, 0.4) is 0 Å². The number of carbonyl (C=O) groups is 1. The Kier molecular flexibility index (Phi) is 2.86. The Morgan fingerprint density at radius 3 is 2.11 bits per heavy atom. The summed E-state index contributed by atoms with van der Waals surface area (Å²) in [5, 5.41) is 0. The molecule has 0 unspecified atom stereocenters. The van der Waals surface area contributed by atoms with Crippen LogP contribution < -0.4 is 5.73 Å². The first-order valence-electron chi connectivity index (χ1n) is 6.84. The normalized spacial score (nSPS) is 21.7. The summed E-state index contributed by atoms with van der Waals surface area (Å²) in [4.78, 5) is 14.4. The fourth-order valence-electron chi connectivity index (χ4n) is 2.96. The maximum Gasteiger partial charge on any atom is 0.242 e. The molecule has 3 heteroatoms. The number of carbonyl (C=O) groups excluding carboxylic acids is 1. The number of nitrogens with zero attached hydrogens (tertiary/aromatic N) is 1. The van der Waals surface area contributed by atoms with Gasteiger partial charge in [-0.3, -0.25) is 4.79 Å². The summed E-state index contributed by atoms with van der Waals surface area (Å²) in [5.41, 5.74) is 8.36. The van der Waals surface area contributed by atoms with E-state index in [2.05, 4.69) is 24.3 Å². The molecule has 2 aliphatic rings. The largest absolute Gasteiger partial charge is 0.340 e. The summed E-state index contributed by atoms with van der Waals surface area (Å²) in [7, 11) is 0. The van der Waals surface area contributed by atoms with Gasteiger partial charge in [0.25, 0.3) is 0 Å². The van der Waals surface area contributed by atoms with Crippen molar-refractivity contribution in [3.8, 4) is 0 Å². The Morgan fingerprint density at radius 1 is 1.11 bits per heavy atom. The molecule has 2 N–H and O–H groups in total. The molecule has 0 atom stereocenters. The molecule has 0 saturated heterocycles. The average Bonchev–Trinajstić information content (AvgIpc) is 2.57. The van der Waals surface area contributed by atoms with Gasteiger partial charge in [0.2, 0.25) is 5.91 Å². The van der Waals surface area contributed by atoms with Gasteiger partial charge in [0.15, 0.2) is 0 Å². The Labute approximate surface area is 108 Å². The molecule has 0 spiro atoms. The molecule has 1 fully saturated rings. The third-order valence-corrected chi connectivity index (χ3v) is 4.38. The van der Waals surface area contributed by atoms with E-state index in [1.807, 2.05) is 4.90 Å². The second-order valence-electron chi connectivity index (χ2n) is 5.57. The summed E-state index contributed by atoms with van der Waals surface area (Å²) < 4.78 is 0. The number of nitrogens with two attached hydrogens (primary N) is 1. The van der Waals surface area contributed by atoms with Gasteiger partial charge in [-0.25, -0.2) is 0 Å². The lowest BCUT2D eigenvalue weighted by atomic mass is 9.76. The third-order valence-electron chi connectivity index (χ3n) is 4.38. The molecule has 0 aromatic heterocycles. The molecule has 3 nitrogen and oxygen atoms in total. The van der Waals surface area contributed by atoms with E-state index in [4.69, 9.17) is 5.73 Å². The number of hydrogen-bond donors (Lipinski definition) is 1. The molecule has 1 heterocycles. The molecule has 1 saturated carbocycles. The Bertz CT molecular complexity index is 438. The first kappa shape index (κ1) is 11.7. The SMILES string of the molecule is NC1(C(=O)N2CCc3ccccc3CC2)CCC1. The third kappa shape index (κ3) is 1.93. The number of benzene rings is 1. The van der Waals surface area contributed by atoms with Crippen LogP contribution in [0.25, 0.3) is 0 Å². The molecular weight excluding hydrogens is 224 g/mol. The minimum Gasteiger partial charge on any atom is -0.340 e. The summed E-state index contributed by atoms with van der Waals surface area (Å²) in [6.45, 7) is 1.63. The molecule has 1 aliphatic carbocycles. The van der Waals surface area contributed by atoms with Crippen molar-refractivity contribution in [1.29, 1.82) is 0 Å². The fraction of sp³-hybridized carbons (Fsp3) is 0.533. The van der Waals surface area contributed by atoms with Crippen molar-refractivity contribution in [3.63, 3.8) is 0 Å². The molecule has 0 bridgehead atoms. The topological polar surface area (TPSA) is 46.3 Å². The Balaban J connectivity index is 1.73. The highest BCUT2D eigenvalue weighted by Crippen LogP contribution is 2.31. The second kappa shape index (κ2) is 4.39. The monoisotopic (exact) mass is 244 g/mol. The highest BCUT2D eigenvalue weighted by molar-refractivity contribution is 5.87. The van der Waals surface area contributed by atoms with Crippen LogP contribution in [0.5, 0.6) is 0 Å². The molecule has 96 valence electrons.